The lowest BCUT2D eigenvalue weighted by Crippen LogP contribution is -1.79. The summed E-state index contributed by atoms with van der Waals surface area (Å²) in [6.07, 6.45) is 19.7. The highest BCUT2D eigenvalue weighted by Gasteiger charge is 1.89. The average Bonchev–Trinajstić information content (AvgIpc) is 2.43. The monoisotopic (exact) mass is 280 g/mol. The number of unbranched alkanes of at least 4 members (excludes halogenated alkanes) is 10. The van der Waals surface area contributed by atoms with E-state index in [1.165, 1.54) is 89.0 Å². The van der Waals surface area contributed by atoms with E-state index in [4.69, 9.17) is 0 Å². The van der Waals surface area contributed by atoms with Crippen LogP contribution in [0.4, 0.5) is 0 Å². The van der Waals surface area contributed by atoms with Gasteiger partial charge in [-0.3, -0.25) is 0 Å². The fraction of sp³-hybridized carbons (Fsp3) is 0.800. The number of hydrogen-bond donors (Lipinski definition) is 0. The molecule has 0 fully saturated rings. The van der Waals surface area contributed by atoms with Crippen molar-refractivity contribution < 1.29 is 0 Å². The Labute approximate surface area is 129 Å². The molecule has 0 aromatic carbocycles. The fourth-order valence-electron chi connectivity index (χ4n) is 2.10. The van der Waals surface area contributed by atoms with Crippen LogP contribution in [-0.4, -0.2) is 0 Å². The van der Waals surface area contributed by atoms with Crippen LogP contribution < -0.4 is 0 Å². The zero-order valence-electron chi connectivity index (χ0n) is 14.7. The van der Waals surface area contributed by atoms with Gasteiger partial charge in [-0.15, -0.1) is 13.2 Å². The zero-order chi connectivity index (χ0) is 15.5. The van der Waals surface area contributed by atoms with Crippen LogP contribution in [0.5, 0.6) is 0 Å². The van der Waals surface area contributed by atoms with Crippen molar-refractivity contribution in [1.29, 1.82) is 0 Å². The van der Waals surface area contributed by atoms with E-state index in [1.54, 1.807) is 0 Å². The second-order valence-corrected chi connectivity index (χ2v) is 5.97. The molecule has 0 heteroatoms. The van der Waals surface area contributed by atoms with E-state index in [9.17, 15) is 0 Å². The maximum atomic E-state index is 3.83. The molecule has 0 radical (unpaired) electrons. The van der Waals surface area contributed by atoms with Gasteiger partial charge in [0.1, 0.15) is 0 Å². The van der Waals surface area contributed by atoms with Gasteiger partial charge in [0.25, 0.3) is 0 Å². The minimum Gasteiger partial charge on any atom is -0.103 e. The van der Waals surface area contributed by atoms with E-state index in [0.717, 1.165) is 0 Å². The molecule has 0 N–H and O–H groups in total. The normalized spacial score (nSPS) is 9.75. The van der Waals surface area contributed by atoms with E-state index >= 15 is 0 Å². The first-order chi connectivity index (χ1) is 9.68. The molecule has 120 valence electrons. The molecule has 0 unspecified atom stereocenters. The molecule has 0 spiro atoms. The third-order valence-electron chi connectivity index (χ3n) is 3.47. The van der Waals surface area contributed by atoms with Gasteiger partial charge in [0, 0.05) is 0 Å². The van der Waals surface area contributed by atoms with Gasteiger partial charge in [0.05, 0.1) is 0 Å². The van der Waals surface area contributed by atoms with Crippen LogP contribution in [0.2, 0.25) is 0 Å². The van der Waals surface area contributed by atoms with Crippen LogP contribution in [-0.2, 0) is 0 Å². The van der Waals surface area contributed by atoms with E-state index in [-0.39, 0.29) is 0 Å². The molecule has 0 saturated carbocycles. The Morgan fingerprint density at radius 1 is 0.750 bits per heavy atom. The lowest BCUT2D eigenvalue weighted by atomic mass is 10.1. The summed E-state index contributed by atoms with van der Waals surface area (Å²) in [4.78, 5) is 0. The minimum absolute atomic E-state index is 1.20. The molecule has 0 amide bonds. The van der Waals surface area contributed by atoms with Gasteiger partial charge < -0.3 is 0 Å². The summed E-state index contributed by atoms with van der Waals surface area (Å²) in [7, 11) is 0. The van der Waals surface area contributed by atoms with Crippen LogP contribution in [0.25, 0.3) is 0 Å². The Morgan fingerprint density at radius 2 is 1.20 bits per heavy atom. The molecule has 0 aliphatic rings. The topological polar surface area (TPSA) is 0 Å². The Balaban J connectivity index is 0. The van der Waals surface area contributed by atoms with Crippen molar-refractivity contribution in [2.24, 2.45) is 0 Å². The van der Waals surface area contributed by atoms with Crippen LogP contribution in [0, 0.1) is 0 Å². The van der Waals surface area contributed by atoms with E-state index < -0.39 is 0 Å². The largest absolute Gasteiger partial charge is 0.103 e. The van der Waals surface area contributed by atoms with Crippen molar-refractivity contribution in [1.82, 2.24) is 0 Å². The Morgan fingerprint density at radius 3 is 1.65 bits per heavy atom. The summed E-state index contributed by atoms with van der Waals surface area (Å²) in [6, 6.07) is 0. The van der Waals surface area contributed by atoms with E-state index in [0.29, 0.717) is 0 Å². The lowest BCUT2D eigenvalue weighted by Gasteiger charge is -1.99. The van der Waals surface area contributed by atoms with Gasteiger partial charge in [0.15, 0.2) is 0 Å². The van der Waals surface area contributed by atoms with Gasteiger partial charge in [-0.25, -0.2) is 0 Å². The molecular weight excluding hydrogens is 240 g/mol. The summed E-state index contributed by atoms with van der Waals surface area (Å²) < 4.78 is 0. The number of hydrogen-bond acceptors (Lipinski definition) is 0. The summed E-state index contributed by atoms with van der Waals surface area (Å²) in [5, 5.41) is 0. The molecule has 0 aromatic heterocycles. The summed E-state index contributed by atoms with van der Waals surface area (Å²) in [5.74, 6) is 0. The minimum atomic E-state index is 1.20. The first kappa shape index (κ1) is 21.8. The SMILES string of the molecule is C=C(C)CCCCC.C=CCCCCCCCCCC. The fourth-order valence-corrected chi connectivity index (χ4v) is 2.10. The Kier molecular flexibility index (Phi) is 22.6. The summed E-state index contributed by atoms with van der Waals surface area (Å²) >= 11 is 0. The number of allylic oxidation sites excluding steroid dienone is 2. The first-order valence-corrected chi connectivity index (χ1v) is 8.94. The highest BCUT2D eigenvalue weighted by atomic mass is 14.0. The molecule has 0 bridgehead atoms. The van der Waals surface area contributed by atoms with Gasteiger partial charge in [-0.05, 0) is 32.6 Å². The maximum absolute atomic E-state index is 3.83. The number of rotatable bonds is 13. The summed E-state index contributed by atoms with van der Waals surface area (Å²) in [6.45, 7) is 14.1. The van der Waals surface area contributed by atoms with Crippen LogP contribution in [0.3, 0.4) is 0 Å². The van der Waals surface area contributed by atoms with Crippen molar-refractivity contribution in [2.45, 2.75) is 104 Å². The van der Waals surface area contributed by atoms with Gasteiger partial charge in [0.2, 0.25) is 0 Å². The highest BCUT2D eigenvalue weighted by Crippen LogP contribution is 2.09. The van der Waals surface area contributed by atoms with E-state index in [1.807, 2.05) is 6.08 Å². The Bertz CT molecular complexity index is 190. The van der Waals surface area contributed by atoms with Crippen molar-refractivity contribution >= 4 is 0 Å². The van der Waals surface area contributed by atoms with Crippen molar-refractivity contribution in [2.75, 3.05) is 0 Å². The second kappa shape index (κ2) is 20.8. The molecule has 0 aliphatic heterocycles. The molecule has 20 heavy (non-hydrogen) atoms. The molecule has 0 nitrogen and oxygen atoms in total. The molecular formula is C20H40. The standard InChI is InChI=1S/C12H24.C8H16/c1-3-5-7-9-11-12-10-8-6-4-2;1-4-5-6-7-8(2)3/h3H,1,4-12H2,2H3;2,4-7H2,1,3H3. The summed E-state index contributed by atoms with van der Waals surface area (Å²) in [5.41, 5.74) is 1.32. The van der Waals surface area contributed by atoms with Crippen LogP contribution >= 0.6 is 0 Å². The third kappa shape index (κ3) is 26.1. The average molecular weight is 281 g/mol. The van der Waals surface area contributed by atoms with Gasteiger partial charge in [-0.1, -0.05) is 83.3 Å². The maximum Gasteiger partial charge on any atom is -0.0326 e. The molecule has 0 rings (SSSR count). The smallest absolute Gasteiger partial charge is 0.0326 e. The lowest BCUT2D eigenvalue weighted by molar-refractivity contribution is 0.578. The first-order valence-electron chi connectivity index (χ1n) is 8.94. The molecule has 0 saturated heterocycles. The zero-order valence-corrected chi connectivity index (χ0v) is 14.7. The second-order valence-electron chi connectivity index (χ2n) is 5.97. The molecule has 0 aliphatic carbocycles. The predicted octanol–water partition coefficient (Wildman–Crippen LogP) is 7.85. The van der Waals surface area contributed by atoms with Crippen molar-refractivity contribution in [3.8, 4) is 0 Å². The van der Waals surface area contributed by atoms with Gasteiger partial charge in [-0.2, -0.15) is 0 Å². The predicted molar refractivity (Wildman–Crippen MR) is 96.4 cm³/mol. The van der Waals surface area contributed by atoms with Crippen molar-refractivity contribution in [3.63, 3.8) is 0 Å². The van der Waals surface area contributed by atoms with Crippen LogP contribution in [0.15, 0.2) is 24.8 Å². The van der Waals surface area contributed by atoms with Gasteiger partial charge >= 0.3 is 0 Å². The molecule has 0 aromatic rings. The highest BCUT2D eigenvalue weighted by molar-refractivity contribution is 4.86. The van der Waals surface area contributed by atoms with Crippen molar-refractivity contribution in [3.05, 3.63) is 24.8 Å². The Hall–Kier alpha value is -0.520. The van der Waals surface area contributed by atoms with E-state index in [2.05, 4.69) is 33.9 Å². The third-order valence-corrected chi connectivity index (χ3v) is 3.47. The molecule has 0 atom stereocenters. The van der Waals surface area contributed by atoms with Crippen LogP contribution in [0.1, 0.15) is 104 Å². The molecule has 0 heterocycles. The quantitative estimate of drug-likeness (QED) is 0.238.